The molecule has 1 amide bonds. The van der Waals surface area contributed by atoms with Crippen LogP contribution in [0.4, 0.5) is 5.69 Å². The van der Waals surface area contributed by atoms with Gasteiger partial charge in [0.1, 0.15) is 0 Å². The number of hydrogen-bond donors (Lipinski definition) is 1. The minimum absolute atomic E-state index is 0.0495. The zero-order chi connectivity index (χ0) is 20.8. The average molecular weight is 401 g/mol. The Hall–Kier alpha value is -2.65. The fraction of sp³-hybridized carbons (Fsp3) is 0.370. The lowest BCUT2D eigenvalue weighted by molar-refractivity contribution is -0.121. The lowest BCUT2D eigenvalue weighted by Crippen LogP contribution is -2.40. The molecule has 0 aliphatic carbocycles. The fourth-order valence-electron chi connectivity index (χ4n) is 4.46. The number of likely N-dealkylation sites (tertiary alicyclic amines) is 1. The Morgan fingerprint density at radius 3 is 2.67 bits per heavy atom. The summed E-state index contributed by atoms with van der Waals surface area (Å²) in [4.78, 5) is 15.3. The van der Waals surface area contributed by atoms with E-state index in [2.05, 4.69) is 71.7 Å². The molecule has 30 heavy (non-hydrogen) atoms. The maximum absolute atomic E-state index is 12.9. The predicted molar refractivity (Wildman–Crippen MR) is 126 cm³/mol. The third-order valence-corrected chi connectivity index (χ3v) is 6.19. The number of anilines is 1. The van der Waals surface area contributed by atoms with Gasteiger partial charge in [-0.25, -0.2) is 0 Å². The summed E-state index contributed by atoms with van der Waals surface area (Å²) in [5.74, 6) is 0.201. The lowest BCUT2D eigenvalue weighted by Gasteiger charge is -2.32. The molecule has 0 spiro atoms. The molecule has 0 radical (unpaired) electrons. The Balaban J connectivity index is 1.37. The van der Waals surface area contributed by atoms with E-state index in [0.717, 1.165) is 44.6 Å². The quantitative estimate of drug-likeness (QED) is 0.525. The number of fused-ring (bicyclic) bond motifs is 1. The molecule has 1 N–H and O–H groups in total. The molecule has 156 valence electrons. The molecule has 1 aliphatic heterocycles. The third kappa shape index (κ3) is 5.09. The molecule has 1 aliphatic rings. The highest BCUT2D eigenvalue weighted by atomic mass is 16.1. The molecule has 3 aromatic rings. The second-order valence-corrected chi connectivity index (χ2v) is 8.50. The van der Waals surface area contributed by atoms with E-state index in [1.54, 1.807) is 0 Å². The van der Waals surface area contributed by atoms with E-state index in [1.165, 1.54) is 34.7 Å². The van der Waals surface area contributed by atoms with Gasteiger partial charge in [-0.05, 0) is 66.3 Å². The van der Waals surface area contributed by atoms with Crippen LogP contribution in [0.3, 0.4) is 0 Å². The van der Waals surface area contributed by atoms with Gasteiger partial charge in [0, 0.05) is 18.8 Å². The van der Waals surface area contributed by atoms with Gasteiger partial charge >= 0.3 is 0 Å². The summed E-state index contributed by atoms with van der Waals surface area (Å²) < 4.78 is 0. The Morgan fingerprint density at radius 2 is 1.83 bits per heavy atom. The van der Waals surface area contributed by atoms with Crippen molar-refractivity contribution < 1.29 is 4.79 Å². The number of unbranched alkanes of at least 4 members (excludes halogenated alkanes) is 1. The molecule has 3 nitrogen and oxygen atoms in total. The van der Waals surface area contributed by atoms with E-state index in [-0.39, 0.29) is 11.8 Å². The Kier molecular flexibility index (Phi) is 6.81. The number of amides is 1. The van der Waals surface area contributed by atoms with E-state index in [0.29, 0.717) is 0 Å². The number of piperidine rings is 1. The Labute approximate surface area is 180 Å². The highest BCUT2D eigenvalue weighted by Gasteiger charge is 2.26. The van der Waals surface area contributed by atoms with Crippen LogP contribution < -0.4 is 5.32 Å². The summed E-state index contributed by atoms with van der Waals surface area (Å²) in [5.41, 5.74) is 3.59. The molecular formula is C27H32N2O. The van der Waals surface area contributed by atoms with Gasteiger partial charge < -0.3 is 5.32 Å². The number of benzene rings is 3. The molecule has 0 bridgehead atoms. The van der Waals surface area contributed by atoms with Crippen molar-refractivity contribution in [1.82, 2.24) is 4.90 Å². The second-order valence-electron chi connectivity index (χ2n) is 8.50. The molecule has 3 aromatic carbocycles. The normalized spacial score (nSPS) is 17.2. The third-order valence-electron chi connectivity index (χ3n) is 6.19. The maximum atomic E-state index is 12.9. The summed E-state index contributed by atoms with van der Waals surface area (Å²) in [6, 6.07) is 23.4. The van der Waals surface area contributed by atoms with Gasteiger partial charge in [0.05, 0.1) is 5.92 Å². The van der Waals surface area contributed by atoms with E-state index in [1.807, 2.05) is 12.1 Å². The first kappa shape index (κ1) is 20.6. The largest absolute Gasteiger partial charge is 0.326 e. The van der Waals surface area contributed by atoms with Crippen LogP contribution in [0.2, 0.25) is 0 Å². The van der Waals surface area contributed by atoms with Crippen LogP contribution >= 0.6 is 0 Å². The van der Waals surface area contributed by atoms with Crippen molar-refractivity contribution in [3.63, 3.8) is 0 Å². The summed E-state index contributed by atoms with van der Waals surface area (Å²) in [6.45, 7) is 4.99. The van der Waals surface area contributed by atoms with Gasteiger partial charge in [-0.3, -0.25) is 9.69 Å². The van der Waals surface area contributed by atoms with Crippen molar-refractivity contribution in [2.24, 2.45) is 5.92 Å². The second kappa shape index (κ2) is 9.90. The predicted octanol–water partition coefficient (Wildman–Crippen LogP) is 6.03. The van der Waals surface area contributed by atoms with Gasteiger partial charge in [0.25, 0.3) is 0 Å². The molecule has 4 rings (SSSR count). The number of hydrogen-bond acceptors (Lipinski definition) is 2. The van der Waals surface area contributed by atoms with Gasteiger partial charge in [-0.2, -0.15) is 0 Å². The SMILES string of the molecule is CCCCc1ccc(NC(=O)C2CCCN(Cc3cccc4ccccc34)C2)cc1. The molecule has 1 unspecified atom stereocenters. The van der Waals surface area contributed by atoms with Crippen molar-refractivity contribution in [3.05, 3.63) is 77.9 Å². The zero-order valence-electron chi connectivity index (χ0n) is 17.9. The number of nitrogens with zero attached hydrogens (tertiary/aromatic N) is 1. The monoisotopic (exact) mass is 400 g/mol. The summed E-state index contributed by atoms with van der Waals surface area (Å²) >= 11 is 0. The molecule has 0 aromatic heterocycles. The summed E-state index contributed by atoms with van der Waals surface area (Å²) in [5, 5.41) is 5.74. The van der Waals surface area contributed by atoms with Gasteiger partial charge in [-0.1, -0.05) is 67.9 Å². The van der Waals surface area contributed by atoms with Crippen LogP contribution in [0.25, 0.3) is 10.8 Å². The Morgan fingerprint density at radius 1 is 1.03 bits per heavy atom. The topological polar surface area (TPSA) is 32.3 Å². The summed E-state index contributed by atoms with van der Waals surface area (Å²) in [6.07, 6.45) is 5.55. The first-order valence-electron chi connectivity index (χ1n) is 11.3. The fourth-order valence-corrected chi connectivity index (χ4v) is 4.46. The average Bonchev–Trinajstić information content (AvgIpc) is 2.79. The summed E-state index contributed by atoms with van der Waals surface area (Å²) in [7, 11) is 0. The highest BCUT2D eigenvalue weighted by Crippen LogP contribution is 2.24. The van der Waals surface area contributed by atoms with Crippen LogP contribution in [0, 0.1) is 5.92 Å². The lowest BCUT2D eigenvalue weighted by atomic mass is 9.96. The van der Waals surface area contributed by atoms with Gasteiger partial charge in [0.15, 0.2) is 0 Å². The van der Waals surface area contributed by atoms with Crippen LogP contribution in [0.1, 0.15) is 43.7 Å². The molecule has 1 atom stereocenters. The molecule has 1 fully saturated rings. The first-order chi connectivity index (χ1) is 14.7. The number of nitrogens with one attached hydrogen (secondary N) is 1. The molecule has 1 heterocycles. The number of carbonyl (C=O) groups excluding carboxylic acids is 1. The molecule has 0 saturated carbocycles. The number of carbonyl (C=O) groups is 1. The molecule has 1 saturated heterocycles. The number of aryl methyl sites for hydroxylation is 1. The van der Waals surface area contributed by atoms with Crippen LogP contribution in [0.5, 0.6) is 0 Å². The van der Waals surface area contributed by atoms with Crippen molar-refractivity contribution in [1.29, 1.82) is 0 Å². The molecule has 3 heteroatoms. The van der Waals surface area contributed by atoms with E-state index >= 15 is 0 Å². The Bertz CT molecular complexity index is 974. The van der Waals surface area contributed by atoms with Crippen molar-refractivity contribution >= 4 is 22.4 Å². The van der Waals surface area contributed by atoms with Gasteiger partial charge in [0.2, 0.25) is 5.91 Å². The van der Waals surface area contributed by atoms with Crippen LogP contribution in [-0.4, -0.2) is 23.9 Å². The minimum Gasteiger partial charge on any atom is -0.326 e. The van der Waals surface area contributed by atoms with E-state index < -0.39 is 0 Å². The highest BCUT2D eigenvalue weighted by molar-refractivity contribution is 5.92. The van der Waals surface area contributed by atoms with Crippen molar-refractivity contribution in [3.8, 4) is 0 Å². The minimum atomic E-state index is 0.0495. The van der Waals surface area contributed by atoms with E-state index in [4.69, 9.17) is 0 Å². The number of rotatable bonds is 7. The smallest absolute Gasteiger partial charge is 0.228 e. The van der Waals surface area contributed by atoms with Crippen molar-refractivity contribution in [2.75, 3.05) is 18.4 Å². The standard InChI is InChI=1S/C27H32N2O/c1-2-3-8-21-14-16-25(17-15-21)28-27(30)24-12-7-18-29(20-24)19-23-11-6-10-22-9-4-5-13-26(22)23/h4-6,9-11,13-17,24H,2-3,7-8,12,18-20H2,1H3,(H,28,30). The first-order valence-corrected chi connectivity index (χ1v) is 11.3. The van der Waals surface area contributed by atoms with Crippen molar-refractivity contribution in [2.45, 2.75) is 45.6 Å². The van der Waals surface area contributed by atoms with E-state index in [9.17, 15) is 4.79 Å². The van der Waals surface area contributed by atoms with Crippen LogP contribution in [0.15, 0.2) is 66.7 Å². The maximum Gasteiger partial charge on any atom is 0.228 e. The molecular weight excluding hydrogens is 368 g/mol. The zero-order valence-corrected chi connectivity index (χ0v) is 17.9. The van der Waals surface area contributed by atoms with Crippen LogP contribution in [-0.2, 0) is 17.8 Å². The van der Waals surface area contributed by atoms with Gasteiger partial charge in [-0.15, -0.1) is 0 Å².